The predicted molar refractivity (Wildman–Crippen MR) is 75.7 cm³/mol. The van der Waals surface area contributed by atoms with Crippen molar-refractivity contribution >= 4 is 17.3 Å². The van der Waals surface area contributed by atoms with Gasteiger partial charge in [0.25, 0.3) is 5.91 Å². The molecule has 2 aromatic rings. The Kier molecular flexibility index (Phi) is 4.15. The molecular weight excluding hydrogens is 240 g/mol. The van der Waals surface area contributed by atoms with Crippen molar-refractivity contribution in [2.45, 2.75) is 6.10 Å². The van der Waals surface area contributed by atoms with Crippen molar-refractivity contribution in [3.05, 3.63) is 60.2 Å². The minimum atomic E-state index is -0.626. The van der Waals surface area contributed by atoms with Gasteiger partial charge < -0.3 is 15.8 Å². The molecule has 0 fully saturated rings. The number of hydrogen-bond acceptors (Lipinski definition) is 3. The molecular formula is C15H16N2O2. The molecule has 0 aliphatic rings. The van der Waals surface area contributed by atoms with E-state index in [1.54, 1.807) is 24.3 Å². The Morgan fingerprint density at radius 3 is 2.32 bits per heavy atom. The number of amides is 1. The van der Waals surface area contributed by atoms with Crippen LogP contribution in [-0.4, -0.2) is 13.0 Å². The van der Waals surface area contributed by atoms with E-state index < -0.39 is 6.10 Å². The number of nitrogen functional groups attached to an aromatic ring is 1. The first-order valence-corrected chi connectivity index (χ1v) is 5.95. The first-order chi connectivity index (χ1) is 9.20. The summed E-state index contributed by atoms with van der Waals surface area (Å²) in [7, 11) is 1.51. The van der Waals surface area contributed by atoms with Crippen molar-refractivity contribution < 1.29 is 9.53 Å². The number of nitrogens with two attached hydrogens (primary N) is 1. The molecule has 4 heteroatoms. The van der Waals surface area contributed by atoms with Gasteiger partial charge in [0.15, 0.2) is 6.10 Å². The van der Waals surface area contributed by atoms with Gasteiger partial charge in [0, 0.05) is 18.5 Å². The summed E-state index contributed by atoms with van der Waals surface area (Å²) in [5.41, 5.74) is 7.76. The Morgan fingerprint density at radius 1 is 1.11 bits per heavy atom. The Balaban J connectivity index is 2.11. The standard InChI is InChI=1S/C15H16N2O2/c1-19-14(11-5-3-2-4-6-11)15(18)17-13-9-7-12(16)8-10-13/h2-10,14H,16H2,1H3,(H,17,18)/t14-/m0/s1. The van der Waals surface area contributed by atoms with Gasteiger partial charge in [-0.1, -0.05) is 30.3 Å². The summed E-state index contributed by atoms with van der Waals surface area (Å²) in [5.74, 6) is -0.210. The second-order valence-corrected chi connectivity index (χ2v) is 4.14. The summed E-state index contributed by atoms with van der Waals surface area (Å²) >= 11 is 0. The average molecular weight is 256 g/mol. The highest BCUT2D eigenvalue weighted by atomic mass is 16.5. The van der Waals surface area contributed by atoms with Crippen molar-refractivity contribution in [1.29, 1.82) is 0 Å². The number of rotatable bonds is 4. The quantitative estimate of drug-likeness (QED) is 0.826. The maximum Gasteiger partial charge on any atom is 0.258 e. The van der Waals surface area contributed by atoms with Crippen LogP contribution in [0.3, 0.4) is 0 Å². The lowest BCUT2D eigenvalue weighted by Crippen LogP contribution is -2.22. The zero-order valence-corrected chi connectivity index (χ0v) is 10.7. The number of ether oxygens (including phenoxy) is 1. The second kappa shape index (κ2) is 6.02. The van der Waals surface area contributed by atoms with Crippen LogP contribution >= 0.6 is 0 Å². The summed E-state index contributed by atoms with van der Waals surface area (Å²) in [6, 6.07) is 16.3. The molecule has 1 amide bonds. The number of anilines is 2. The number of hydrogen-bond donors (Lipinski definition) is 2. The molecule has 0 saturated carbocycles. The van der Waals surface area contributed by atoms with E-state index in [9.17, 15) is 4.79 Å². The van der Waals surface area contributed by atoms with Crippen LogP contribution in [0.4, 0.5) is 11.4 Å². The maximum atomic E-state index is 12.2. The van der Waals surface area contributed by atoms with Gasteiger partial charge >= 0.3 is 0 Å². The van der Waals surface area contributed by atoms with E-state index in [1.165, 1.54) is 7.11 Å². The minimum Gasteiger partial charge on any atom is -0.399 e. The first kappa shape index (κ1) is 13.1. The minimum absolute atomic E-state index is 0.210. The third-order valence-electron chi connectivity index (χ3n) is 2.75. The van der Waals surface area contributed by atoms with Crippen LogP contribution in [0.5, 0.6) is 0 Å². The fourth-order valence-electron chi connectivity index (χ4n) is 1.80. The van der Waals surface area contributed by atoms with Crippen molar-refractivity contribution in [2.24, 2.45) is 0 Å². The molecule has 0 radical (unpaired) electrons. The van der Waals surface area contributed by atoms with Gasteiger partial charge in [-0.05, 0) is 29.8 Å². The largest absolute Gasteiger partial charge is 0.399 e. The molecule has 19 heavy (non-hydrogen) atoms. The van der Waals surface area contributed by atoms with Crippen molar-refractivity contribution in [2.75, 3.05) is 18.2 Å². The van der Waals surface area contributed by atoms with E-state index in [0.29, 0.717) is 11.4 Å². The first-order valence-electron chi connectivity index (χ1n) is 5.95. The zero-order chi connectivity index (χ0) is 13.7. The van der Waals surface area contributed by atoms with E-state index in [0.717, 1.165) is 5.56 Å². The molecule has 0 spiro atoms. The number of methoxy groups -OCH3 is 1. The molecule has 0 aromatic heterocycles. The summed E-state index contributed by atoms with van der Waals surface area (Å²) in [4.78, 5) is 12.2. The summed E-state index contributed by atoms with van der Waals surface area (Å²) in [6.07, 6.45) is -0.626. The monoisotopic (exact) mass is 256 g/mol. The van der Waals surface area contributed by atoms with Crippen molar-refractivity contribution in [3.8, 4) is 0 Å². The Hall–Kier alpha value is -2.33. The van der Waals surface area contributed by atoms with Gasteiger partial charge in [0.05, 0.1) is 0 Å². The summed E-state index contributed by atoms with van der Waals surface area (Å²) < 4.78 is 5.26. The van der Waals surface area contributed by atoms with Crippen LogP contribution in [0.15, 0.2) is 54.6 Å². The van der Waals surface area contributed by atoms with E-state index >= 15 is 0 Å². The smallest absolute Gasteiger partial charge is 0.258 e. The SMILES string of the molecule is CO[C@H](C(=O)Nc1ccc(N)cc1)c1ccccc1. The highest BCUT2D eigenvalue weighted by Crippen LogP contribution is 2.19. The van der Waals surface area contributed by atoms with Gasteiger partial charge in [-0.15, -0.1) is 0 Å². The highest BCUT2D eigenvalue weighted by molar-refractivity contribution is 5.95. The molecule has 2 aromatic carbocycles. The lowest BCUT2D eigenvalue weighted by Gasteiger charge is -2.15. The summed E-state index contributed by atoms with van der Waals surface area (Å²) in [6.45, 7) is 0. The highest BCUT2D eigenvalue weighted by Gasteiger charge is 2.19. The van der Waals surface area contributed by atoms with E-state index in [-0.39, 0.29) is 5.91 Å². The molecule has 0 unspecified atom stereocenters. The lowest BCUT2D eigenvalue weighted by atomic mass is 10.1. The molecule has 1 atom stereocenters. The van der Waals surface area contributed by atoms with Crippen molar-refractivity contribution in [1.82, 2.24) is 0 Å². The van der Waals surface area contributed by atoms with Gasteiger partial charge in [-0.25, -0.2) is 0 Å². The summed E-state index contributed by atoms with van der Waals surface area (Å²) in [5, 5.41) is 2.80. The maximum absolute atomic E-state index is 12.2. The third-order valence-corrected chi connectivity index (χ3v) is 2.75. The molecule has 0 heterocycles. The van der Waals surface area contributed by atoms with Crippen LogP contribution in [0.2, 0.25) is 0 Å². The van der Waals surface area contributed by atoms with Gasteiger partial charge in [-0.2, -0.15) is 0 Å². The lowest BCUT2D eigenvalue weighted by molar-refractivity contribution is -0.126. The number of carbonyl (C=O) groups excluding carboxylic acids is 1. The fraction of sp³-hybridized carbons (Fsp3) is 0.133. The van der Waals surface area contributed by atoms with E-state index in [4.69, 9.17) is 10.5 Å². The van der Waals surface area contributed by atoms with Gasteiger partial charge in [-0.3, -0.25) is 4.79 Å². The van der Waals surface area contributed by atoms with Crippen LogP contribution in [0.25, 0.3) is 0 Å². The van der Waals surface area contributed by atoms with Gasteiger partial charge in [0.2, 0.25) is 0 Å². The van der Waals surface area contributed by atoms with Crippen LogP contribution in [-0.2, 0) is 9.53 Å². The van der Waals surface area contributed by atoms with E-state index in [2.05, 4.69) is 5.32 Å². The topological polar surface area (TPSA) is 64.3 Å². The Bertz CT molecular complexity index is 538. The second-order valence-electron chi connectivity index (χ2n) is 4.14. The fourth-order valence-corrected chi connectivity index (χ4v) is 1.80. The molecule has 0 saturated heterocycles. The molecule has 0 aliphatic carbocycles. The van der Waals surface area contributed by atoms with Crippen molar-refractivity contribution in [3.63, 3.8) is 0 Å². The predicted octanol–water partition coefficient (Wildman–Crippen LogP) is 2.60. The molecule has 2 rings (SSSR count). The van der Waals surface area contributed by atoms with Crippen LogP contribution in [0.1, 0.15) is 11.7 Å². The average Bonchev–Trinajstić information content (AvgIpc) is 2.43. The Labute approximate surface area is 112 Å². The molecule has 0 bridgehead atoms. The van der Waals surface area contributed by atoms with Crippen LogP contribution < -0.4 is 11.1 Å². The number of nitrogens with one attached hydrogen (secondary N) is 1. The van der Waals surface area contributed by atoms with Crippen LogP contribution in [0, 0.1) is 0 Å². The zero-order valence-electron chi connectivity index (χ0n) is 10.7. The van der Waals surface area contributed by atoms with Gasteiger partial charge in [0.1, 0.15) is 0 Å². The number of carbonyl (C=O) groups is 1. The molecule has 3 N–H and O–H groups in total. The molecule has 4 nitrogen and oxygen atoms in total. The molecule has 0 aliphatic heterocycles. The van der Waals surface area contributed by atoms with E-state index in [1.807, 2.05) is 30.3 Å². The normalized spacial score (nSPS) is 11.8. The molecule has 98 valence electrons. The number of benzene rings is 2. The Morgan fingerprint density at radius 2 is 1.74 bits per heavy atom. The third kappa shape index (κ3) is 3.33.